The summed E-state index contributed by atoms with van der Waals surface area (Å²) in [7, 11) is 2.07. The van der Waals surface area contributed by atoms with Crippen molar-refractivity contribution < 1.29 is 0 Å². The third kappa shape index (κ3) is 4.35. The molecule has 0 spiro atoms. The van der Waals surface area contributed by atoms with Gasteiger partial charge in [-0.2, -0.15) is 0 Å². The molecular formula is C24H32N2. The van der Waals surface area contributed by atoms with Crippen molar-refractivity contribution in [3.8, 4) is 0 Å². The Kier molecular flexibility index (Phi) is 5.80. The standard InChI is InChI=1S/C24H32N2/c1-17(2)26(5)16-25-24-13-18(3)23(12-19(24)4)15-20-10-11-21-8-6-7-9-22(21)14-20/h10-14,16-17H,6-9,15H2,1-5H3. The van der Waals surface area contributed by atoms with E-state index in [2.05, 4.69) is 70.0 Å². The quantitative estimate of drug-likeness (QED) is 0.494. The second-order valence-electron chi connectivity index (χ2n) is 8.06. The van der Waals surface area contributed by atoms with Crippen LogP contribution in [0.15, 0.2) is 35.3 Å². The van der Waals surface area contributed by atoms with Crippen LogP contribution in [0.1, 0.15) is 60.1 Å². The third-order valence-electron chi connectivity index (χ3n) is 5.66. The number of nitrogens with zero attached hydrogens (tertiary/aromatic N) is 2. The first-order chi connectivity index (χ1) is 12.4. The van der Waals surface area contributed by atoms with Crippen molar-refractivity contribution in [3.05, 3.63) is 63.7 Å². The normalized spacial score (nSPS) is 14.1. The summed E-state index contributed by atoms with van der Waals surface area (Å²) in [6, 6.07) is 12.1. The minimum absolute atomic E-state index is 0.462. The van der Waals surface area contributed by atoms with Gasteiger partial charge in [-0.1, -0.05) is 24.3 Å². The van der Waals surface area contributed by atoms with Crippen LogP contribution in [0.2, 0.25) is 0 Å². The molecule has 2 aromatic rings. The van der Waals surface area contributed by atoms with Gasteiger partial charge in [0.1, 0.15) is 0 Å². The first-order valence-electron chi connectivity index (χ1n) is 9.91. The third-order valence-corrected chi connectivity index (χ3v) is 5.66. The molecule has 2 nitrogen and oxygen atoms in total. The Morgan fingerprint density at radius 3 is 2.46 bits per heavy atom. The molecule has 26 heavy (non-hydrogen) atoms. The summed E-state index contributed by atoms with van der Waals surface area (Å²) < 4.78 is 0. The van der Waals surface area contributed by atoms with Crippen LogP contribution in [0.3, 0.4) is 0 Å². The number of benzene rings is 2. The first-order valence-corrected chi connectivity index (χ1v) is 9.91. The van der Waals surface area contributed by atoms with E-state index < -0.39 is 0 Å². The van der Waals surface area contributed by atoms with Crippen LogP contribution in [-0.2, 0) is 19.3 Å². The number of rotatable bonds is 5. The van der Waals surface area contributed by atoms with Crippen LogP contribution in [-0.4, -0.2) is 24.3 Å². The van der Waals surface area contributed by atoms with Gasteiger partial charge in [-0.05, 0) is 99.2 Å². The summed E-state index contributed by atoms with van der Waals surface area (Å²) in [6.45, 7) is 8.72. The van der Waals surface area contributed by atoms with E-state index in [9.17, 15) is 0 Å². The molecule has 0 saturated carbocycles. The van der Waals surface area contributed by atoms with Gasteiger partial charge in [-0.15, -0.1) is 0 Å². The van der Waals surface area contributed by atoms with Crippen molar-refractivity contribution in [2.24, 2.45) is 4.99 Å². The van der Waals surface area contributed by atoms with Crippen molar-refractivity contribution in [3.63, 3.8) is 0 Å². The molecule has 0 saturated heterocycles. The van der Waals surface area contributed by atoms with Crippen LogP contribution in [0.4, 0.5) is 5.69 Å². The zero-order chi connectivity index (χ0) is 18.7. The Balaban J connectivity index is 1.80. The molecule has 0 radical (unpaired) electrons. The van der Waals surface area contributed by atoms with Crippen LogP contribution in [0.5, 0.6) is 0 Å². The van der Waals surface area contributed by atoms with E-state index in [1.807, 2.05) is 6.34 Å². The van der Waals surface area contributed by atoms with Gasteiger partial charge in [0.2, 0.25) is 0 Å². The molecule has 0 bridgehead atoms. The van der Waals surface area contributed by atoms with Gasteiger partial charge in [0, 0.05) is 13.1 Å². The van der Waals surface area contributed by atoms with Gasteiger partial charge < -0.3 is 4.90 Å². The fraction of sp³-hybridized carbons (Fsp3) is 0.458. The predicted molar refractivity (Wildman–Crippen MR) is 113 cm³/mol. The average molecular weight is 349 g/mol. The zero-order valence-electron chi connectivity index (χ0n) is 17.0. The molecule has 3 rings (SSSR count). The average Bonchev–Trinajstić information content (AvgIpc) is 2.62. The molecule has 0 unspecified atom stereocenters. The number of hydrogen-bond donors (Lipinski definition) is 0. The molecule has 0 fully saturated rings. The highest BCUT2D eigenvalue weighted by molar-refractivity contribution is 5.64. The Labute approximate surface area is 159 Å². The lowest BCUT2D eigenvalue weighted by molar-refractivity contribution is 0.429. The maximum Gasteiger partial charge on any atom is 0.0912 e. The van der Waals surface area contributed by atoms with Gasteiger partial charge in [0.05, 0.1) is 12.0 Å². The molecule has 0 atom stereocenters. The highest BCUT2D eigenvalue weighted by Crippen LogP contribution is 2.27. The number of fused-ring (bicyclic) bond motifs is 1. The Morgan fingerprint density at radius 1 is 1.00 bits per heavy atom. The van der Waals surface area contributed by atoms with Crippen molar-refractivity contribution in [1.82, 2.24) is 4.90 Å². The second kappa shape index (κ2) is 8.07. The molecule has 1 aliphatic rings. The highest BCUT2D eigenvalue weighted by Gasteiger charge is 2.11. The molecule has 0 aromatic heterocycles. The van der Waals surface area contributed by atoms with Crippen LogP contribution in [0.25, 0.3) is 0 Å². The van der Waals surface area contributed by atoms with E-state index in [0.717, 1.165) is 12.1 Å². The summed E-state index contributed by atoms with van der Waals surface area (Å²) >= 11 is 0. The fourth-order valence-electron chi connectivity index (χ4n) is 3.59. The summed E-state index contributed by atoms with van der Waals surface area (Å²) in [5.41, 5.74) is 9.63. The lowest BCUT2D eigenvalue weighted by Gasteiger charge is -2.18. The SMILES string of the molecule is Cc1cc(N=CN(C)C(C)C)c(C)cc1Cc1ccc2c(c1)CCCC2. The van der Waals surface area contributed by atoms with Crippen molar-refractivity contribution in [1.29, 1.82) is 0 Å². The van der Waals surface area contributed by atoms with Crippen molar-refractivity contribution in [2.75, 3.05) is 7.05 Å². The summed E-state index contributed by atoms with van der Waals surface area (Å²) in [5, 5.41) is 0. The molecule has 0 aliphatic heterocycles. The van der Waals surface area contributed by atoms with Gasteiger partial charge in [-0.25, -0.2) is 4.99 Å². The second-order valence-corrected chi connectivity index (χ2v) is 8.06. The molecule has 2 aromatic carbocycles. The maximum absolute atomic E-state index is 4.69. The number of aryl methyl sites for hydroxylation is 4. The van der Waals surface area contributed by atoms with E-state index in [0.29, 0.717) is 6.04 Å². The number of hydrogen-bond acceptors (Lipinski definition) is 1. The van der Waals surface area contributed by atoms with Crippen LogP contribution in [0, 0.1) is 13.8 Å². The molecule has 0 heterocycles. The van der Waals surface area contributed by atoms with Crippen LogP contribution >= 0.6 is 0 Å². The summed E-state index contributed by atoms with van der Waals surface area (Å²) in [6.07, 6.45) is 8.14. The first kappa shape index (κ1) is 18.7. The highest BCUT2D eigenvalue weighted by atomic mass is 15.1. The van der Waals surface area contributed by atoms with Gasteiger partial charge >= 0.3 is 0 Å². The largest absolute Gasteiger partial charge is 0.363 e. The smallest absolute Gasteiger partial charge is 0.0912 e. The van der Waals surface area contributed by atoms with E-state index in [4.69, 9.17) is 4.99 Å². The van der Waals surface area contributed by atoms with Crippen molar-refractivity contribution in [2.45, 2.75) is 65.8 Å². The molecule has 0 amide bonds. The van der Waals surface area contributed by atoms with E-state index in [-0.39, 0.29) is 0 Å². The summed E-state index contributed by atoms with van der Waals surface area (Å²) in [4.78, 5) is 6.83. The Morgan fingerprint density at radius 2 is 1.73 bits per heavy atom. The molecule has 138 valence electrons. The maximum atomic E-state index is 4.69. The van der Waals surface area contributed by atoms with E-state index in [1.54, 1.807) is 11.1 Å². The van der Waals surface area contributed by atoms with Gasteiger partial charge in [0.25, 0.3) is 0 Å². The Hall–Kier alpha value is -2.09. The van der Waals surface area contributed by atoms with Gasteiger partial charge in [0.15, 0.2) is 0 Å². The minimum Gasteiger partial charge on any atom is -0.363 e. The molecular weight excluding hydrogens is 316 g/mol. The molecule has 0 N–H and O–H groups in total. The Bertz CT molecular complexity index is 802. The van der Waals surface area contributed by atoms with Gasteiger partial charge in [-0.3, -0.25) is 0 Å². The van der Waals surface area contributed by atoms with E-state index in [1.165, 1.54) is 47.9 Å². The molecule has 2 heteroatoms. The zero-order valence-corrected chi connectivity index (χ0v) is 17.0. The minimum atomic E-state index is 0.462. The topological polar surface area (TPSA) is 15.6 Å². The predicted octanol–water partition coefficient (Wildman–Crippen LogP) is 5.77. The number of aliphatic imine (C=N–C) groups is 1. The summed E-state index contributed by atoms with van der Waals surface area (Å²) in [5.74, 6) is 0. The molecule has 1 aliphatic carbocycles. The lowest BCUT2D eigenvalue weighted by Crippen LogP contribution is -2.24. The van der Waals surface area contributed by atoms with Crippen molar-refractivity contribution >= 4 is 12.0 Å². The monoisotopic (exact) mass is 348 g/mol. The van der Waals surface area contributed by atoms with Crippen LogP contribution < -0.4 is 0 Å². The van der Waals surface area contributed by atoms with E-state index >= 15 is 0 Å². The fourth-order valence-corrected chi connectivity index (χ4v) is 3.59. The lowest BCUT2D eigenvalue weighted by atomic mass is 9.88.